The first-order valence-electron chi connectivity index (χ1n) is 8.60. The van der Waals surface area contributed by atoms with E-state index in [0.717, 1.165) is 4.57 Å². The van der Waals surface area contributed by atoms with Crippen molar-refractivity contribution in [2.24, 2.45) is 0 Å². The predicted molar refractivity (Wildman–Crippen MR) is 94.3 cm³/mol. The summed E-state index contributed by atoms with van der Waals surface area (Å²) in [6.45, 7) is 4.28. The van der Waals surface area contributed by atoms with Crippen LogP contribution >= 0.6 is 0 Å². The van der Waals surface area contributed by atoms with Gasteiger partial charge in [-0.1, -0.05) is 19.9 Å². The SMILES string of the molecule is CCCn1c(=O)c2c(ncn2Cc2c(F)cccc2F)n(CCC)c1=O. The highest BCUT2D eigenvalue weighted by Crippen LogP contribution is 2.16. The van der Waals surface area contributed by atoms with E-state index in [1.54, 1.807) is 0 Å². The summed E-state index contributed by atoms with van der Waals surface area (Å²) in [4.78, 5) is 29.6. The van der Waals surface area contributed by atoms with E-state index < -0.39 is 22.9 Å². The van der Waals surface area contributed by atoms with Crippen LogP contribution in [0.15, 0.2) is 34.1 Å². The fourth-order valence-corrected chi connectivity index (χ4v) is 3.06. The molecule has 0 saturated carbocycles. The van der Waals surface area contributed by atoms with E-state index in [-0.39, 0.29) is 29.8 Å². The van der Waals surface area contributed by atoms with Gasteiger partial charge in [0.1, 0.15) is 11.6 Å². The van der Waals surface area contributed by atoms with Crippen LogP contribution in [-0.2, 0) is 19.6 Å². The maximum Gasteiger partial charge on any atom is 0.332 e. The number of hydrogen-bond donors (Lipinski definition) is 0. The van der Waals surface area contributed by atoms with Crippen LogP contribution in [-0.4, -0.2) is 18.7 Å². The molecule has 3 aromatic rings. The number of aryl methyl sites for hydroxylation is 1. The lowest BCUT2D eigenvalue weighted by atomic mass is 10.2. The molecule has 0 saturated heterocycles. The zero-order valence-corrected chi connectivity index (χ0v) is 14.7. The van der Waals surface area contributed by atoms with Crippen LogP contribution in [0.2, 0.25) is 0 Å². The molecule has 0 radical (unpaired) electrons. The molecular formula is C18H20F2N4O2. The molecule has 26 heavy (non-hydrogen) atoms. The Kier molecular flexibility index (Phi) is 5.01. The minimum atomic E-state index is -0.692. The van der Waals surface area contributed by atoms with Gasteiger partial charge in [0.15, 0.2) is 11.2 Å². The van der Waals surface area contributed by atoms with E-state index in [1.807, 2.05) is 13.8 Å². The smallest absolute Gasteiger partial charge is 0.320 e. The molecule has 8 heteroatoms. The summed E-state index contributed by atoms with van der Waals surface area (Å²) >= 11 is 0. The van der Waals surface area contributed by atoms with E-state index in [1.165, 1.54) is 33.7 Å². The zero-order valence-electron chi connectivity index (χ0n) is 14.7. The highest BCUT2D eigenvalue weighted by atomic mass is 19.1. The van der Waals surface area contributed by atoms with Crippen molar-refractivity contribution in [2.75, 3.05) is 0 Å². The Morgan fingerprint density at radius 3 is 2.23 bits per heavy atom. The van der Waals surface area contributed by atoms with Crippen LogP contribution in [0.25, 0.3) is 11.2 Å². The molecule has 0 aliphatic carbocycles. The van der Waals surface area contributed by atoms with Crippen LogP contribution in [0.3, 0.4) is 0 Å². The maximum atomic E-state index is 14.0. The standard InChI is InChI=1S/C18H20F2N4O2/c1-3-8-23-16-15(17(25)24(9-4-2)18(23)26)22(11-21-16)10-12-13(19)6-5-7-14(12)20/h5-7,11H,3-4,8-10H2,1-2H3. The highest BCUT2D eigenvalue weighted by molar-refractivity contribution is 5.70. The molecule has 1 aromatic carbocycles. The third-order valence-electron chi connectivity index (χ3n) is 4.27. The first-order chi connectivity index (χ1) is 12.5. The van der Waals surface area contributed by atoms with E-state index in [9.17, 15) is 18.4 Å². The Morgan fingerprint density at radius 1 is 1.00 bits per heavy atom. The van der Waals surface area contributed by atoms with Gasteiger partial charge >= 0.3 is 5.69 Å². The molecule has 0 aliphatic heterocycles. The summed E-state index contributed by atoms with van der Waals surface area (Å²) in [7, 11) is 0. The molecular weight excluding hydrogens is 342 g/mol. The fraction of sp³-hybridized carbons (Fsp3) is 0.389. The monoisotopic (exact) mass is 362 g/mol. The lowest BCUT2D eigenvalue weighted by Crippen LogP contribution is -2.40. The van der Waals surface area contributed by atoms with Gasteiger partial charge in [-0.3, -0.25) is 13.9 Å². The van der Waals surface area contributed by atoms with Crippen LogP contribution in [0.5, 0.6) is 0 Å². The van der Waals surface area contributed by atoms with Gasteiger partial charge in [0.2, 0.25) is 0 Å². The summed E-state index contributed by atoms with van der Waals surface area (Å²) < 4.78 is 32.0. The van der Waals surface area contributed by atoms with E-state index >= 15 is 0 Å². The number of hydrogen-bond acceptors (Lipinski definition) is 3. The second-order valence-corrected chi connectivity index (χ2v) is 6.14. The third kappa shape index (κ3) is 2.95. The number of nitrogens with zero attached hydrogens (tertiary/aromatic N) is 4. The molecule has 0 fully saturated rings. The molecule has 0 spiro atoms. The van der Waals surface area contributed by atoms with Crippen LogP contribution in [0.4, 0.5) is 8.78 Å². The first-order valence-corrected chi connectivity index (χ1v) is 8.60. The molecule has 0 amide bonds. The van der Waals surface area contributed by atoms with E-state index in [0.29, 0.717) is 19.4 Å². The van der Waals surface area contributed by atoms with Crippen LogP contribution < -0.4 is 11.2 Å². The fourth-order valence-electron chi connectivity index (χ4n) is 3.06. The quantitative estimate of drug-likeness (QED) is 0.677. The summed E-state index contributed by atoms with van der Waals surface area (Å²) in [5.74, 6) is -1.38. The molecule has 0 atom stereocenters. The molecule has 6 nitrogen and oxygen atoms in total. The topological polar surface area (TPSA) is 61.8 Å². The molecule has 138 valence electrons. The van der Waals surface area contributed by atoms with Crippen molar-refractivity contribution < 1.29 is 8.78 Å². The minimum absolute atomic E-state index is 0.151. The Bertz CT molecular complexity index is 1050. The van der Waals surface area contributed by atoms with Crippen LogP contribution in [0, 0.1) is 11.6 Å². The number of aromatic nitrogens is 4. The minimum Gasteiger partial charge on any atom is -0.320 e. The van der Waals surface area contributed by atoms with Crippen LogP contribution in [0.1, 0.15) is 32.3 Å². The lowest BCUT2D eigenvalue weighted by molar-refractivity contribution is 0.542. The summed E-state index contributed by atoms with van der Waals surface area (Å²) in [5.41, 5.74) is -0.636. The summed E-state index contributed by atoms with van der Waals surface area (Å²) in [5, 5.41) is 0. The van der Waals surface area contributed by atoms with Crippen molar-refractivity contribution >= 4 is 11.2 Å². The van der Waals surface area contributed by atoms with E-state index in [4.69, 9.17) is 0 Å². The molecule has 2 heterocycles. The molecule has 3 rings (SSSR count). The predicted octanol–water partition coefficient (Wildman–Crippen LogP) is 2.51. The Balaban J connectivity index is 2.26. The average Bonchev–Trinajstić information content (AvgIpc) is 3.02. The van der Waals surface area contributed by atoms with Crippen molar-refractivity contribution in [3.05, 3.63) is 62.6 Å². The highest BCUT2D eigenvalue weighted by Gasteiger charge is 2.19. The van der Waals surface area contributed by atoms with Crippen molar-refractivity contribution in [2.45, 2.75) is 46.3 Å². The number of benzene rings is 1. The van der Waals surface area contributed by atoms with Gasteiger partial charge in [0.05, 0.1) is 12.9 Å². The lowest BCUT2D eigenvalue weighted by Gasteiger charge is -2.12. The second kappa shape index (κ2) is 7.23. The van der Waals surface area contributed by atoms with E-state index in [2.05, 4.69) is 4.98 Å². The molecule has 0 unspecified atom stereocenters. The molecule has 0 N–H and O–H groups in total. The Hall–Kier alpha value is -2.77. The Morgan fingerprint density at radius 2 is 1.62 bits per heavy atom. The normalized spacial score (nSPS) is 11.4. The van der Waals surface area contributed by atoms with Gasteiger partial charge in [0.25, 0.3) is 5.56 Å². The van der Waals surface area contributed by atoms with Gasteiger partial charge < -0.3 is 4.57 Å². The van der Waals surface area contributed by atoms with Crippen molar-refractivity contribution in [1.29, 1.82) is 0 Å². The number of imidazole rings is 1. The summed E-state index contributed by atoms with van der Waals surface area (Å²) in [6, 6.07) is 3.62. The third-order valence-corrected chi connectivity index (χ3v) is 4.27. The molecule has 0 aliphatic rings. The van der Waals surface area contributed by atoms with Gasteiger partial charge in [-0.2, -0.15) is 0 Å². The van der Waals surface area contributed by atoms with Crippen molar-refractivity contribution in [3.63, 3.8) is 0 Å². The van der Waals surface area contributed by atoms with Crippen molar-refractivity contribution in [3.8, 4) is 0 Å². The first kappa shape index (κ1) is 18.0. The number of rotatable bonds is 6. The Labute approximate surface area is 148 Å². The van der Waals surface area contributed by atoms with Crippen molar-refractivity contribution in [1.82, 2.24) is 18.7 Å². The molecule has 0 bridgehead atoms. The van der Waals surface area contributed by atoms with Gasteiger partial charge in [-0.15, -0.1) is 0 Å². The van der Waals surface area contributed by atoms with Gasteiger partial charge in [0, 0.05) is 18.7 Å². The van der Waals surface area contributed by atoms with Gasteiger partial charge in [-0.25, -0.2) is 18.6 Å². The maximum absolute atomic E-state index is 14.0. The largest absolute Gasteiger partial charge is 0.332 e. The number of fused-ring (bicyclic) bond motifs is 1. The molecule has 2 aromatic heterocycles. The van der Waals surface area contributed by atoms with Gasteiger partial charge in [-0.05, 0) is 25.0 Å². The summed E-state index contributed by atoms with van der Waals surface area (Å²) in [6.07, 6.45) is 2.65. The zero-order chi connectivity index (χ0) is 18.8. The number of halogens is 2. The average molecular weight is 362 g/mol. The second-order valence-electron chi connectivity index (χ2n) is 6.14.